The van der Waals surface area contributed by atoms with Gasteiger partial charge in [-0.15, -0.1) is 0 Å². The average Bonchev–Trinajstić information content (AvgIpc) is 2.49. The molecular weight excluding hydrogens is 232 g/mol. The van der Waals surface area contributed by atoms with E-state index in [1.165, 1.54) is 5.56 Å². The van der Waals surface area contributed by atoms with Crippen LogP contribution >= 0.6 is 0 Å². The summed E-state index contributed by atoms with van der Waals surface area (Å²) in [4.78, 5) is 0. The number of benzene rings is 2. The third-order valence-corrected chi connectivity index (χ3v) is 3.38. The molecule has 1 heteroatoms. The summed E-state index contributed by atoms with van der Waals surface area (Å²) in [7, 11) is 0. The van der Waals surface area contributed by atoms with Gasteiger partial charge in [-0.3, -0.25) is 0 Å². The third-order valence-electron chi connectivity index (χ3n) is 3.38. The fourth-order valence-corrected chi connectivity index (χ4v) is 2.15. The molecule has 0 radical (unpaired) electrons. The SMILES string of the molecule is CC(C=CC(CO)c1ccccc1)c1ccccc1. The Labute approximate surface area is 115 Å². The van der Waals surface area contributed by atoms with Crippen LogP contribution in [-0.2, 0) is 0 Å². The van der Waals surface area contributed by atoms with E-state index in [-0.39, 0.29) is 12.5 Å². The molecule has 0 heterocycles. The molecule has 0 fully saturated rings. The van der Waals surface area contributed by atoms with Gasteiger partial charge in [0.2, 0.25) is 0 Å². The van der Waals surface area contributed by atoms with Gasteiger partial charge >= 0.3 is 0 Å². The Kier molecular flexibility index (Phi) is 4.93. The Morgan fingerprint density at radius 2 is 1.37 bits per heavy atom. The van der Waals surface area contributed by atoms with Crippen LogP contribution in [0.5, 0.6) is 0 Å². The Morgan fingerprint density at radius 3 is 1.89 bits per heavy atom. The molecule has 0 bridgehead atoms. The summed E-state index contributed by atoms with van der Waals surface area (Å²) in [6.45, 7) is 2.31. The molecule has 0 aliphatic rings. The van der Waals surface area contributed by atoms with Gasteiger partial charge in [0.1, 0.15) is 0 Å². The summed E-state index contributed by atoms with van der Waals surface area (Å²) in [5.41, 5.74) is 2.45. The van der Waals surface area contributed by atoms with E-state index in [0.29, 0.717) is 5.92 Å². The number of hydrogen-bond donors (Lipinski definition) is 1. The smallest absolute Gasteiger partial charge is 0.0534 e. The van der Waals surface area contributed by atoms with Crippen LogP contribution in [0.25, 0.3) is 0 Å². The minimum absolute atomic E-state index is 0.0763. The van der Waals surface area contributed by atoms with Gasteiger partial charge in [-0.2, -0.15) is 0 Å². The zero-order chi connectivity index (χ0) is 13.5. The van der Waals surface area contributed by atoms with E-state index >= 15 is 0 Å². The quantitative estimate of drug-likeness (QED) is 0.793. The molecule has 0 saturated heterocycles. The van der Waals surface area contributed by atoms with Gasteiger partial charge < -0.3 is 5.11 Å². The first-order valence-corrected chi connectivity index (χ1v) is 6.70. The molecule has 1 nitrogen and oxygen atoms in total. The van der Waals surface area contributed by atoms with Crippen molar-refractivity contribution in [2.75, 3.05) is 6.61 Å². The van der Waals surface area contributed by atoms with Crippen molar-refractivity contribution < 1.29 is 5.11 Å². The van der Waals surface area contributed by atoms with Gasteiger partial charge in [-0.05, 0) is 17.0 Å². The van der Waals surface area contributed by atoms with Gasteiger partial charge in [0.25, 0.3) is 0 Å². The molecule has 1 N–H and O–H groups in total. The number of allylic oxidation sites excluding steroid dienone is 1. The second-order valence-electron chi connectivity index (χ2n) is 4.78. The Morgan fingerprint density at radius 1 is 0.842 bits per heavy atom. The molecule has 2 aromatic carbocycles. The number of hydrogen-bond acceptors (Lipinski definition) is 1. The summed E-state index contributed by atoms with van der Waals surface area (Å²) in [6, 6.07) is 20.5. The summed E-state index contributed by atoms with van der Waals surface area (Å²) in [5, 5.41) is 9.51. The number of aliphatic hydroxyl groups excluding tert-OH is 1. The molecule has 0 aliphatic heterocycles. The largest absolute Gasteiger partial charge is 0.395 e. The van der Waals surface area contributed by atoms with Gasteiger partial charge in [0, 0.05) is 5.92 Å². The molecule has 2 rings (SSSR count). The van der Waals surface area contributed by atoms with Crippen LogP contribution in [0.2, 0.25) is 0 Å². The van der Waals surface area contributed by atoms with Crippen LogP contribution in [0.3, 0.4) is 0 Å². The molecule has 2 aromatic rings. The zero-order valence-corrected chi connectivity index (χ0v) is 11.2. The standard InChI is InChI=1S/C18H20O/c1-15(16-8-4-2-5-9-16)12-13-18(14-19)17-10-6-3-7-11-17/h2-13,15,18-19H,14H2,1H3. The van der Waals surface area contributed by atoms with Crippen LogP contribution < -0.4 is 0 Å². The predicted molar refractivity (Wildman–Crippen MR) is 80.3 cm³/mol. The highest BCUT2D eigenvalue weighted by Gasteiger charge is 2.07. The first kappa shape index (κ1) is 13.6. The Bertz CT molecular complexity index is 502. The van der Waals surface area contributed by atoms with Crippen molar-refractivity contribution in [1.82, 2.24) is 0 Å². The van der Waals surface area contributed by atoms with Gasteiger partial charge in [0.15, 0.2) is 0 Å². The molecule has 0 aliphatic carbocycles. The summed E-state index contributed by atoms with van der Waals surface area (Å²) >= 11 is 0. The van der Waals surface area contributed by atoms with Gasteiger partial charge in [-0.25, -0.2) is 0 Å². The second kappa shape index (κ2) is 6.91. The maximum Gasteiger partial charge on any atom is 0.0534 e. The van der Waals surface area contributed by atoms with Crippen LogP contribution in [0, 0.1) is 0 Å². The Balaban J connectivity index is 2.08. The van der Waals surface area contributed by atoms with E-state index in [2.05, 4.69) is 55.5 Å². The predicted octanol–water partition coefficient (Wildman–Crippen LogP) is 4.12. The lowest BCUT2D eigenvalue weighted by atomic mass is 9.95. The van der Waals surface area contributed by atoms with Crippen LogP contribution in [0.15, 0.2) is 72.8 Å². The third kappa shape index (κ3) is 3.80. The van der Waals surface area contributed by atoms with E-state index in [9.17, 15) is 5.11 Å². The molecular formula is C18H20O. The maximum absolute atomic E-state index is 9.51. The summed E-state index contributed by atoms with van der Waals surface area (Å²) in [6.07, 6.45) is 4.27. The van der Waals surface area contributed by atoms with Gasteiger partial charge in [0.05, 0.1) is 6.61 Å². The van der Waals surface area contributed by atoms with Crippen LogP contribution in [0.1, 0.15) is 29.9 Å². The zero-order valence-electron chi connectivity index (χ0n) is 11.2. The van der Waals surface area contributed by atoms with Crippen molar-refractivity contribution in [3.8, 4) is 0 Å². The van der Waals surface area contributed by atoms with E-state index in [1.54, 1.807) is 0 Å². The normalized spacial score (nSPS) is 14.4. The number of rotatable bonds is 5. The first-order valence-electron chi connectivity index (χ1n) is 6.70. The first-order chi connectivity index (χ1) is 9.31. The molecule has 0 spiro atoms. The molecule has 0 saturated carbocycles. The monoisotopic (exact) mass is 252 g/mol. The van der Waals surface area contributed by atoms with Crippen molar-refractivity contribution in [3.63, 3.8) is 0 Å². The van der Waals surface area contributed by atoms with E-state index in [1.807, 2.05) is 24.3 Å². The van der Waals surface area contributed by atoms with Gasteiger partial charge in [-0.1, -0.05) is 79.7 Å². The minimum atomic E-state index is 0.0763. The molecule has 2 unspecified atom stereocenters. The van der Waals surface area contributed by atoms with Crippen LogP contribution in [-0.4, -0.2) is 11.7 Å². The van der Waals surface area contributed by atoms with E-state index in [4.69, 9.17) is 0 Å². The highest BCUT2D eigenvalue weighted by atomic mass is 16.3. The van der Waals surface area contributed by atoms with Crippen molar-refractivity contribution in [1.29, 1.82) is 0 Å². The minimum Gasteiger partial charge on any atom is -0.395 e. The van der Waals surface area contributed by atoms with Crippen LogP contribution in [0.4, 0.5) is 0 Å². The maximum atomic E-state index is 9.51. The lowest BCUT2D eigenvalue weighted by molar-refractivity contribution is 0.283. The highest BCUT2D eigenvalue weighted by molar-refractivity contribution is 5.27. The van der Waals surface area contributed by atoms with E-state index < -0.39 is 0 Å². The summed E-state index contributed by atoms with van der Waals surface area (Å²) in [5.74, 6) is 0.436. The molecule has 0 amide bonds. The van der Waals surface area contributed by atoms with Crippen molar-refractivity contribution >= 4 is 0 Å². The second-order valence-corrected chi connectivity index (χ2v) is 4.78. The summed E-state index contributed by atoms with van der Waals surface area (Å²) < 4.78 is 0. The Hall–Kier alpha value is -1.86. The molecule has 98 valence electrons. The fraction of sp³-hybridized carbons (Fsp3) is 0.222. The van der Waals surface area contributed by atoms with Crippen molar-refractivity contribution in [3.05, 3.63) is 83.9 Å². The lowest BCUT2D eigenvalue weighted by Crippen LogP contribution is -2.01. The molecule has 0 aromatic heterocycles. The van der Waals surface area contributed by atoms with Crippen molar-refractivity contribution in [2.24, 2.45) is 0 Å². The highest BCUT2D eigenvalue weighted by Crippen LogP contribution is 2.21. The molecule has 19 heavy (non-hydrogen) atoms. The number of aliphatic hydroxyl groups is 1. The fourth-order valence-electron chi connectivity index (χ4n) is 2.15. The topological polar surface area (TPSA) is 20.2 Å². The average molecular weight is 252 g/mol. The lowest BCUT2D eigenvalue weighted by Gasteiger charge is -2.11. The van der Waals surface area contributed by atoms with E-state index in [0.717, 1.165) is 5.56 Å². The van der Waals surface area contributed by atoms with Crippen molar-refractivity contribution in [2.45, 2.75) is 18.8 Å². The molecule has 2 atom stereocenters.